The van der Waals surface area contributed by atoms with Gasteiger partial charge in [0.15, 0.2) is 0 Å². The molecule has 2 aliphatic carbocycles. The molecule has 0 bridgehead atoms. The van der Waals surface area contributed by atoms with Crippen LogP contribution in [0.15, 0.2) is 34.9 Å². The van der Waals surface area contributed by atoms with Crippen molar-refractivity contribution in [3.05, 3.63) is 34.9 Å². The molecule has 0 radical (unpaired) electrons. The molecule has 0 heterocycles. The summed E-state index contributed by atoms with van der Waals surface area (Å²) >= 11 is 0. The summed E-state index contributed by atoms with van der Waals surface area (Å²) in [5.74, 6) is 1.47. The van der Waals surface area contributed by atoms with Gasteiger partial charge < -0.3 is 0 Å². The minimum Gasteiger partial charge on any atom is -0.100 e. The fourth-order valence-electron chi connectivity index (χ4n) is 4.95. The minimum atomic E-state index is 0.440. The SMILES string of the molecule is C=C(C)CC1C2=C(C)CCC=C2C(CC)C1(C)CCC. The highest BCUT2D eigenvalue weighted by Crippen LogP contribution is 2.61. The van der Waals surface area contributed by atoms with E-state index in [1.165, 1.54) is 44.1 Å². The molecule has 0 aliphatic heterocycles. The molecule has 0 spiro atoms. The zero-order valence-electron chi connectivity index (χ0n) is 14.2. The van der Waals surface area contributed by atoms with E-state index in [0.29, 0.717) is 11.3 Å². The molecule has 2 rings (SSSR count). The van der Waals surface area contributed by atoms with Gasteiger partial charge in [-0.25, -0.2) is 0 Å². The Labute approximate surface area is 126 Å². The fourth-order valence-corrected chi connectivity index (χ4v) is 4.95. The molecule has 3 atom stereocenters. The maximum absolute atomic E-state index is 4.22. The van der Waals surface area contributed by atoms with Gasteiger partial charge in [0.2, 0.25) is 0 Å². The van der Waals surface area contributed by atoms with Gasteiger partial charge in [-0.1, -0.05) is 44.4 Å². The average molecular weight is 272 g/mol. The highest BCUT2D eigenvalue weighted by Gasteiger charge is 2.50. The summed E-state index contributed by atoms with van der Waals surface area (Å²) in [6.07, 6.45) is 10.2. The van der Waals surface area contributed by atoms with E-state index in [-0.39, 0.29) is 0 Å². The summed E-state index contributed by atoms with van der Waals surface area (Å²) in [4.78, 5) is 0. The minimum absolute atomic E-state index is 0.440. The molecular weight excluding hydrogens is 240 g/mol. The van der Waals surface area contributed by atoms with E-state index in [0.717, 1.165) is 5.92 Å². The van der Waals surface area contributed by atoms with Crippen molar-refractivity contribution in [2.24, 2.45) is 17.3 Å². The third kappa shape index (κ3) is 2.43. The van der Waals surface area contributed by atoms with E-state index in [9.17, 15) is 0 Å². The second kappa shape index (κ2) is 5.92. The molecule has 1 saturated carbocycles. The monoisotopic (exact) mass is 272 g/mol. The summed E-state index contributed by atoms with van der Waals surface area (Å²) in [6.45, 7) is 16.1. The van der Waals surface area contributed by atoms with Crippen LogP contribution >= 0.6 is 0 Å². The van der Waals surface area contributed by atoms with Crippen LogP contribution in [0.5, 0.6) is 0 Å². The van der Waals surface area contributed by atoms with E-state index in [1.54, 1.807) is 16.7 Å². The van der Waals surface area contributed by atoms with Crippen molar-refractivity contribution in [2.75, 3.05) is 0 Å². The lowest BCUT2D eigenvalue weighted by molar-refractivity contribution is 0.155. The quantitative estimate of drug-likeness (QED) is 0.504. The van der Waals surface area contributed by atoms with Crippen LogP contribution in [0.3, 0.4) is 0 Å². The average Bonchev–Trinajstić information content (AvgIpc) is 2.60. The number of hydrogen-bond donors (Lipinski definition) is 0. The first-order valence-corrected chi connectivity index (χ1v) is 8.50. The second-order valence-corrected chi connectivity index (χ2v) is 7.32. The van der Waals surface area contributed by atoms with Gasteiger partial charge in [0.05, 0.1) is 0 Å². The lowest BCUT2D eigenvalue weighted by Crippen LogP contribution is -2.29. The van der Waals surface area contributed by atoms with Gasteiger partial charge >= 0.3 is 0 Å². The highest BCUT2D eigenvalue weighted by molar-refractivity contribution is 5.48. The van der Waals surface area contributed by atoms with Gasteiger partial charge in [0.1, 0.15) is 0 Å². The van der Waals surface area contributed by atoms with Crippen LogP contribution in [0.1, 0.15) is 73.1 Å². The molecule has 0 aromatic carbocycles. The standard InChI is InChI=1S/C20H32/c1-7-12-20(6)17(8-2)16-11-9-10-15(5)19(16)18(20)13-14(3)4/h11,17-18H,3,7-10,12-13H2,1-2,4-6H3. The summed E-state index contributed by atoms with van der Waals surface area (Å²) in [5, 5.41) is 0. The van der Waals surface area contributed by atoms with Crippen molar-refractivity contribution in [3.8, 4) is 0 Å². The van der Waals surface area contributed by atoms with Gasteiger partial charge in [-0.3, -0.25) is 0 Å². The molecule has 1 fully saturated rings. The third-order valence-corrected chi connectivity index (χ3v) is 5.72. The number of allylic oxidation sites excluding steroid dienone is 5. The predicted molar refractivity (Wildman–Crippen MR) is 89.7 cm³/mol. The van der Waals surface area contributed by atoms with E-state index in [1.807, 2.05) is 0 Å². The van der Waals surface area contributed by atoms with E-state index >= 15 is 0 Å². The first-order chi connectivity index (χ1) is 9.45. The van der Waals surface area contributed by atoms with E-state index in [4.69, 9.17) is 0 Å². The summed E-state index contributed by atoms with van der Waals surface area (Å²) < 4.78 is 0. The number of rotatable bonds is 5. The second-order valence-electron chi connectivity index (χ2n) is 7.32. The van der Waals surface area contributed by atoms with Crippen molar-refractivity contribution in [1.29, 1.82) is 0 Å². The highest BCUT2D eigenvalue weighted by atomic mass is 14.5. The van der Waals surface area contributed by atoms with Crippen LogP contribution in [0, 0.1) is 17.3 Å². The van der Waals surface area contributed by atoms with Gasteiger partial charge in [-0.2, -0.15) is 0 Å². The van der Waals surface area contributed by atoms with Gasteiger partial charge in [-0.15, -0.1) is 6.58 Å². The largest absolute Gasteiger partial charge is 0.100 e. The summed E-state index contributed by atoms with van der Waals surface area (Å²) in [7, 11) is 0. The molecule has 0 aromatic heterocycles. The maximum atomic E-state index is 4.22. The Bertz CT molecular complexity index is 449. The molecule has 3 unspecified atom stereocenters. The normalized spacial score (nSPS) is 33.1. The van der Waals surface area contributed by atoms with Gasteiger partial charge in [0.25, 0.3) is 0 Å². The first kappa shape index (κ1) is 15.6. The Morgan fingerprint density at radius 3 is 2.60 bits per heavy atom. The Kier molecular flexibility index (Phi) is 4.62. The third-order valence-electron chi connectivity index (χ3n) is 5.72. The lowest BCUT2D eigenvalue weighted by Gasteiger charge is -2.37. The Morgan fingerprint density at radius 1 is 1.35 bits per heavy atom. The molecule has 0 heteroatoms. The van der Waals surface area contributed by atoms with Crippen LogP contribution in [-0.4, -0.2) is 0 Å². The first-order valence-electron chi connectivity index (χ1n) is 8.50. The Hall–Kier alpha value is -0.780. The molecule has 0 aromatic rings. The van der Waals surface area contributed by atoms with Crippen LogP contribution < -0.4 is 0 Å². The summed E-state index contributed by atoms with van der Waals surface area (Å²) in [6, 6.07) is 0. The lowest BCUT2D eigenvalue weighted by atomic mass is 9.67. The molecule has 0 nitrogen and oxygen atoms in total. The molecule has 0 saturated heterocycles. The van der Waals surface area contributed by atoms with Crippen LogP contribution in [0.25, 0.3) is 0 Å². The number of hydrogen-bond acceptors (Lipinski definition) is 0. The fraction of sp³-hybridized carbons (Fsp3) is 0.700. The zero-order chi connectivity index (χ0) is 14.9. The van der Waals surface area contributed by atoms with Crippen LogP contribution in [0.2, 0.25) is 0 Å². The predicted octanol–water partition coefficient (Wildman–Crippen LogP) is 6.45. The van der Waals surface area contributed by atoms with Crippen molar-refractivity contribution in [1.82, 2.24) is 0 Å². The topological polar surface area (TPSA) is 0 Å². The van der Waals surface area contributed by atoms with E-state index < -0.39 is 0 Å². The van der Waals surface area contributed by atoms with Crippen molar-refractivity contribution in [2.45, 2.75) is 73.1 Å². The van der Waals surface area contributed by atoms with E-state index in [2.05, 4.69) is 47.3 Å². The number of fused-ring (bicyclic) bond motifs is 1. The van der Waals surface area contributed by atoms with Crippen molar-refractivity contribution in [3.63, 3.8) is 0 Å². The molecular formula is C20H32. The van der Waals surface area contributed by atoms with Gasteiger partial charge in [0, 0.05) is 0 Å². The zero-order valence-corrected chi connectivity index (χ0v) is 14.2. The molecule has 112 valence electrons. The summed E-state index contributed by atoms with van der Waals surface area (Å²) in [5.41, 5.74) is 6.88. The molecule has 0 N–H and O–H groups in total. The van der Waals surface area contributed by atoms with Crippen LogP contribution in [-0.2, 0) is 0 Å². The van der Waals surface area contributed by atoms with Crippen molar-refractivity contribution < 1.29 is 0 Å². The molecule has 20 heavy (non-hydrogen) atoms. The smallest absolute Gasteiger partial charge is 0.00630 e. The maximum Gasteiger partial charge on any atom is -0.00630 e. The Balaban J connectivity index is 2.53. The molecule has 0 amide bonds. The van der Waals surface area contributed by atoms with Gasteiger partial charge in [-0.05, 0) is 74.3 Å². The molecule has 2 aliphatic rings. The van der Waals surface area contributed by atoms with Crippen LogP contribution in [0.4, 0.5) is 0 Å². The Morgan fingerprint density at radius 2 is 2.05 bits per heavy atom. The van der Waals surface area contributed by atoms with Crippen molar-refractivity contribution >= 4 is 0 Å².